The summed E-state index contributed by atoms with van der Waals surface area (Å²) >= 11 is 0. The molecular formula is C16H25N3. The van der Waals surface area contributed by atoms with Crippen molar-refractivity contribution in [2.75, 3.05) is 5.73 Å². The molecule has 4 bridgehead atoms. The lowest BCUT2D eigenvalue weighted by Gasteiger charge is -2.57. The van der Waals surface area contributed by atoms with Gasteiger partial charge in [0, 0.05) is 18.0 Å². The van der Waals surface area contributed by atoms with Crippen molar-refractivity contribution in [2.24, 2.45) is 24.8 Å². The van der Waals surface area contributed by atoms with Crippen LogP contribution in [0.25, 0.3) is 0 Å². The summed E-state index contributed by atoms with van der Waals surface area (Å²) in [7, 11) is 2.00. The summed E-state index contributed by atoms with van der Waals surface area (Å²) in [6.45, 7) is 2.21. The quantitative estimate of drug-likeness (QED) is 0.887. The van der Waals surface area contributed by atoms with Crippen molar-refractivity contribution in [3.63, 3.8) is 0 Å². The van der Waals surface area contributed by atoms with E-state index in [1.54, 1.807) is 0 Å². The van der Waals surface area contributed by atoms with Gasteiger partial charge >= 0.3 is 0 Å². The highest BCUT2D eigenvalue weighted by atomic mass is 15.3. The number of nitrogens with zero attached hydrogens (tertiary/aromatic N) is 2. The largest absolute Gasteiger partial charge is 0.384 e. The van der Waals surface area contributed by atoms with Gasteiger partial charge in [-0.2, -0.15) is 5.10 Å². The summed E-state index contributed by atoms with van der Waals surface area (Å²) in [5.41, 5.74) is 9.50. The van der Waals surface area contributed by atoms with Crippen LogP contribution in [0.5, 0.6) is 0 Å². The zero-order chi connectivity index (χ0) is 13.2. The van der Waals surface area contributed by atoms with Crippen molar-refractivity contribution in [1.29, 1.82) is 0 Å². The summed E-state index contributed by atoms with van der Waals surface area (Å²) in [5, 5.41) is 4.68. The molecule has 3 nitrogen and oxygen atoms in total. The van der Waals surface area contributed by atoms with Crippen LogP contribution in [0.1, 0.15) is 56.7 Å². The van der Waals surface area contributed by atoms with Crippen molar-refractivity contribution < 1.29 is 0 Å². The van der Waals surface area contributed by atoms with Gasteiger partial charge in [-0.05, 0) is 62.7 Å². The van der Waals surface area contributed by atoms with E-state index >= 15 is 0 Å². The van der Waals surface area contributed by atoms with E-state index in [-0.39, 0.29) is 0 Å². The zero-order valence-electron chi connectivity index (χ0n) is 12.2. The van der Waals surface area contributed by atoms with Crippen molar-refractivity contribution in [3.8, 4) is 0 Å². The Labute approximate surface area is 115 Å². The van der Waals surface area contributed by atoms with Gasteiger partial charge in [0.15, 0.2) is 0 Å². The first-order valence-corrected chi connectivity index (χ1v) is 7.93. The minimum atomic E-state index is 0.387. The van der Waals surface area contributed by atoms with E-state index < -0.39 is 0 Å². The van der Waals surface area contributed by atoms with Gasteiger partial charge in [0.1, 0.15) is 5.82 Å². The Morgan fingerprint density at radius 2 is 1.68 bits per heavy atom. The highest BCUT2D eigenvalue weighted by Crippen LogP contribution is 2.61. The number of nitrogen functional groups attached to an aromatic ring is 1. The molecule has 2 N–H and O–H groups in total. The van der Waals surface area contributed by atoms with Gasteiger partial charge in [0.05, 0.1) is 5.69 Å². The predicted molar refractivity (Wildman–Crippen MR) is 76.8 cm³/mol. The van der Waals surface area contributed by atoms with Crippen molar-refractivity contribution in [3.05, 3.63) is 11.3 Å². The van der Waals surface area contributed by atoms with Crippen LogP contribution in [-0.2, 0) is 18.9 Å². The maximum atomic E-state index is 6.40. The second-order valence-corrected chi connectivity index (χ2v) is 7.38. The Bertz CT molecular complexity index is 479. The van der Waals surface area contributed by atoms with Gasteiger partial charge in [-0.15, -0.1) is 0 Å². The third-order valence-electron chi connectivity index (χ3n) is 6.07. The topological polar surface area (TPSA) is 43.8 Å². The molecule has 0 saturated heterocycles. The second kappa shape index (κ2) is 3.77. The third kappa shape index (κ3) is 1.53. The number of nitrogens with two attached hydrogens (primary N) is 1. The fraction of sp³-hybridized carbons (Fsp3) is 0.812. The van der Waals surface area contributed by atoms with Crippen molar-refractivity contribution in [1.82, 2.24) is 9.78 Å². The molecule has 0 spiro atoms. The van der Waals surface area contributed by atoms with E-state index in [0.717, 1.165) is 30.0 Å². The highest BCUT2D eigenvalue weighted by Gasteiger charge is 2.53. The third-order valence-corrected chi connectivity index (χ3v) is 6.07. The smallest absolute Gasteiger partial charge is 0.125 e. The molecule has 1 aromatic rings. The van der Waals surface area contributed by atoms with E-state index in [0.29, 0.717) is 5.41 Å². The Morgan fingerprint density at radius 3 is 2.16 bits per heavy atom. The number of aromatic nitrogens is 2. The molecular weight excluding hydrogens is 234 g/mol. The van der Waals surface area contributed by atoms with E-state index in [1.807, 2.05) is 11.7 Å². The summed E-state index contributed by atoms with van der Waals surface area (Å²) in [6.07, 6.45) is 9.61. The van der Waals surface area contributed by atoms with E-state index in [4.69, 9.17) is 5.73 Å². The van der Waals surface area contributed by atoms with E-state index in [1.165, 1.54) is 49.8 Å². The average molecular weight is 259 g/mol. The first-order valence-electron chi connectivity index (χ1n) is 7.93. The van der Waals surface area contributed by atoms with E-state index in [9.17, 15) is 0 Å². The molecule has 4 fully saturated rings. The monoisotopic (exact) mass is 259 g/mol. The molecule has 0 radical (unpaired) electrons. The Morgan fingerprint density at radius 1 is 1.16 bits per heavy atom. The Hall–Kier alpha value is -0.990. The van der Waals surface area contributed by atoms with Crippen LogP contribution >= 0.6 is 0 Å². The number of hydrogen-bond acceptors (Lipinski definition) is 2. The molecule has 0 aliphatic heterocycles. The SMILES string of the molecule is CCc1nn(C)c(N)c1C12CC3CC(CC(C3)C1)C2. The van der Waals surface area contributed by atoms with Gasteiger partial charge in [0.2, 0.25) is 0 Å². The van der Waals surface area contributed by atoms with Crippen LogP contribution in [0.4, 0.5) is 5.82 Å². The van der Waals surface area contributed by atoms with Crippen LogP contribution in [-0.4, -0.2) is 9.78 Å². The molecule has 4 aliphatic carbocycles. The lowest BCUT2D eigenvalue weighted by Crippen LogP contribution is -2.49. The number of hydrogen-bond donors (Lipinski definition) is 1. The number of rotatable bonds is 2. The molecule has 0 aromatic carbocycles. The summed E-state index contributed by atoms with van der Waals surface area (Å²) in [5.74, 6) is 3.85. The first kappa shape index (κ1) is 11.8. The van der Waals surface area contributed by atoms with E-state index in [2.05, 4.69) is 12.0 Å². The molecule has 0 atom stereocenters. The number of aryl methyl sites for hydroxylation is 2. The van der Waals surface area contributed by atoms with Gasteiger partial charge < -0.3 is 5.73 Å². The molecule has 1 aromatic heterocycles. The summed E-state index contributed by atoms with van der Waals surface area (Å²) < 4.78 is 1.91. The lowest BCUT2D eigenvalue weighted by atomic mass is 9.48. The summed E-state index contributed by atoms with van der Waals surface area (Å²) in [4.78, 5) is 0. The molecule has 104 valence electrons. The summed E-state index contributed by atoms with van der Waals surface area (Å²) in [6, 6.07) is 0. The van der Waals surface area contributed by atoms with Crippen LogP contribution in [0.2, 0.25) is 0 Å². The molecule has 5 rings (SSSR count). The lowest BCUT2D eigenvalue weighted by molar-refractivity contribution is -0.00522. The van der Waals surface area contributed by atoms with Gasteiger partial charge in [-0.25, -0.2) is 0 Å². The van der Waals surface area contributed by atoms with Crippen LogP contribution in [0.3, 0.4) is 0 Å². The fourth-order valence-corrected chi connectivity index (χ4v) is 5.84. The standard InChI is InChI=1S/C16H25N3/c1-3-13-14(15(17)19(2)18-13)16-7-10-4-11(8-16)6-12(5-10)9-16/h10-12H,3-9,17H2,1-2H3. The van der Waals surface area contributed by atoms with Crippen LogP contribution in [0.15, 0.2) is 0 Å². The maximum Gasteiger partial charge on any atom is 0.125 e. The molecule has 3 heteroatoms. The Kier molecular flexibility index (Phi) is 2.34. The van der Waals surface area contributed by atoms with Crippen LogP contribution < -0.4 is 5.73 Å². The molecule has 0 unspecified atom stereocenters. The first-order chi connectivity index (χ1) is 9.11. The number of anilines is 1. The average Bonchev–Trinajstić information content (AvgIpc) is 2.64. The fourth-order valence-electron chi connectivity index (χ4n) is 5.84. The molecule has 1 heterocycles. The minimum Gasteiger partial charge on any atom is -0.384 e. The molecule has 0 amide bonds. The Balaban J connectivity index is 1.83. The predicted octanol–water partition coefficient (Wildman–Crippen LogP) is 3.03. The van der Waals surface area contributed by atoms with Gasteiger partial charge in [0.25, 0.3) is 0 Å². The van der Waals surface area contributed by atoms with Gasteiger partial charge in [-0.1, -0.05) is 6.92 Å². The zero-order valence-corrected chi connectivity index (χ0v) is 12.2. The van der Waals surface area contributed by atoms with Gasteiger partial charge in [-0.3, -0.25) is 4.68 Å². The maximum absolute atomic E-state index is 6.40. The normalized spacial score (nSPS) is 40.0. The van der Waals surface area contributed by atoms with Crippen LogP contribution in [0, 0.1) is 17.8 Å². The minimum absolute atomic E-state index is 0.387. The second-order valence-electron chi connectivity index (χ2n) is 7.38. The highest BCUT2D eigenvalue weighted by molar-refractivity contribution is 5.50. The molecule has 4 aliphatic rings. The van der Waals surface area contributed by atoms with Crippen molar-refractivity contribution in [2.45, 2.75) is 57.3 Å². The molecule has 4 saturated carbocycles. The molecule has 19 heavy (non-hydrogen) atoms. The van der Waals surface area contributed by atoms with Crippen molar-refractivity contribution >= 4 is 5.82 Å².